The lowest BCUT2D eigenvalue weighted by Crippen LogP contribution is -2.20. The van der Waals surface area contributed by atoms with E-state index in [2.05, 4.69) is 0 Å². The average molecular weight is 186 g/mol. The highest BCUT2D eigenvalue weighted by molar-refractivity contribution is 7.10. The third-order valence-electron chi connectivity index (χ3n) is 1.66. The van der Waals surface area contributed by atoms with Crippen LogP contribution in [0.1, 0.15) is 11.8 Å². The van der Waals surface area contributed by atoms with Gasteiger partial charge in [0.1, 0.15) is 18.3 Å². The lowest BCUT2D eigenvalue weighted by Gasteiger charge is -2.20. The number of thiophene rings is 1. The fraction of sp³-hybridized carbons (Fsp3) is 0.250. The van der Waals surface area contributed by atoms with Crippen molar-refractivity contribution in [2.45, 2.75) is 12.7 Å². The van der Waals surface area contributed by atoms with Gasteiger partial charge in [-0.2, -0.15) is 0 Å². The van der Waals surface area contributed by atoms with Crippen LogP contribution in [0.25, 0.3) is 0 Å². The molecule has 64 valence electrons. The SMILES string of the molecule is CC1(c2cc(F)cs2)OC=CO1. The van der Waals surface area contributed by atoms with E-state index in [1.54, 1.807) is 6.92 Å². The monoisotopic (exact) mass is 186 g/mol. The second-order valence-corrected chi connectivity index (χ2v) is 3.49. The summed E-state index contributed by atoms with van der Waals surface area (Å²) in [6.07, 6.45) is 2.91. The van der Waals surface area contributed by atoms with Crippen LogP contribution in [0, 0.1) is 5.82 Å². The molecule has 1 aromatic rings. The molecule has 2 heterocycles. The first kappa shape index (κ1) is 7.61. The van der Waals surface area contributed by atoms with Crippen molar-refractivity contribution >= 4 is 11.3 Å². The maximum Gasteiger partial charge on any atom is 0.283 e. The Kier molecular flexibility index (Phi) is 1.58. The summed E-state index contributed by atoms with van der Waals surface area (Å²) in [5.41, 5.74) is 0. The quantitative estimate of drug-likeness (QED) is 0.671. The van der Waals surface area contributed by atoms with Gasteiger partial charge in [0.25, 0.3) is 5.79 Å². The predicted molar refractivity (Wildman–Crippen MR) is 42.9 cm³/mol. The first-order chi connectivity index (χ1) is 5.71. The van der Waals surface area contributed by atoms with Gasteiger partial charge in [-0.05, 0) is 6.07 Å². The van der Waals surface area contributed by atoms with E-state index in [-0.39, 0.29) is 5.82 Å². The molecule has 0 N–H and O–H groups in total. The van der Waals surface area contributed by atoms with Crippen LogP contribution in [-0.4, -0.2) is 0 Å². The zero-order chi connectivity index (χ0) is 8.60. The summed E-state index contributed by atoms with van der Waals surface area (Å²) in [5, 5.41) is 1.42. The Morgan fingerprint density at radius 2 is 2.08 bits per heavy atom. The minimum absolute atomic E-state index is 0.254. The van der Waals surface area contributed by atoms with Crippen LogP contribution >= 0.6 is 11.3 Å². The predicted octanol–water partition coefficient (Wildman–Crippen LogP) is 2.58. The van der Waals surface area contributed by atoms with Crippen molar-refractivity contribution in [2.24, 2.45) is 0 Å². The molecule has 0 radical (unpaired) electrons. The number of rotatable bonds is 1. The minimum Gasteiger partial charge on any atom is -0.452 e. The standard InChI is InChI=1S/C8H7FO2S/c1-8(10-2-3-11-8)7-4-6(9)5-12-7/h2-5H,1H3. The Balaban J connectivity index is 2.30. The van der Waals surface area contributed by atoms with Gasteiger partial charge >= 0.3 is 0 Å². The van der Waals surface area contributed by atoms with E-state index in [1.807, 2.05) is 0 Å². The van der Waals surface area contributed by atoms with Gasteiger partial charge in [0.15, 0.2) is 0 Å². The molecular formula is C8H7FO2S. The molecule has 0 saturated carbocycles. The van der Waals surface area contributed by atoms with Crippen LogP contribution < -0.4 is 0 Å². The second kappa shape index (κ2) is 2.48. The highest BCUT2D eigenvalue weighted by atomic mass is 32.1. The molecule has 1 aliphatic rings. The van der Waals surface area contributed by atoms with Crippen molar-refractivity contribution in [3.8, 4) is 0 Å². The van der Waals surface area contributed by atoms with E-state index in [0.29, 0.717) is 0 Å². The Morgan fingerprint density at radius 1 is 1.42 bits per heavy atom. The van der Waals surface area contributed by atoms with Crippen LogP contribution in [0.3, 0.4) is 0 Å². The molecule has 2 rings (SSSR count). The highest BCUT2D eigenvalue weighted by Gasteiger charge is 2.33. The van der Waals surface area contributed by atoms with Crippen LogP contribution in [0.4, 0.5) is 4.39 Å². The summed E-state index contributed by atoms with van der Waals surface area (Å²) in [6, 6.07) is 1.41. The van der Waals surface area contributed by atoms with Crippen LogP contribution in [0.5, 0.6) is 0 Å². The smallest absolute Gasteiger partial charge is 0.283 e. The molecule has 0 aliphatic carbocycles. The number of ether oxygens (including phenoxy) is 2. The van der Waals surface area contributed by atoms with E-state index in [9.17, 15) is 4.39 Å². The number of halogens is 1. The van der Waals surface area contributed by atoms with Gasteiger partial charge in [-0.25, -0.2) is 4.39 Å². The molecule has 0 saturated heterocycles. The zero-order valence-electron chi connectivity index (χ0n) is 6.41. The van der Waals surface area contributed by atoms with E-state index in [1.165, 1.54) is 35.3 Å². The van der Waals surface area contributed by atoms with Gasteiger partial charge in [-0.15, -0.1) is 11.3 Å². The maximum atomic E-state index is 12.6. The van der Waals surface area contributed by atoms with Crippen molar-refractivity contribution < 1.29 is 13.9 Å². The molecule has 1 aromatic heterocycles. The molecule has 0 fully saturated rings. The summed E-state index contributed by atoms with van der Waals surface area (Å²) in [7, 11) is 0. The summed E-state index contributed by atoms with van der Waals surface area (Å²) in [5.74, 6) is -1.08. The van der Waals surface area contributed by atoms with Crippen molar-refractivity contribution in [2.75, 3.05) is 0 Å². The van der Waals surface area contributed by atoms with Crippen LogP contribution in [-0.2, 0) is 15.3 Å². The maximum absolute atomic E-state index is 12.6. The lowest BCUT2D eigenvalue weighted by atomic mass is 10.2. The average Bonchev–Trinajstić information content (AvgIpc) is 2.59. The molecule has 0 unspecified atom stereocenters. The van der Waals surface area contributed by atoms with E-state index >= 15 is 0 Å². The Hall–Kier alpha value is -1.03. The van der Waals surface area contributed by atoms with Crippen LogP contribution in [0.15, 0.2) is 24.0 Å². The summed E-state index contributed by atoms with van der Waals surface area (Å²) in [6.45, 7) is 1.75. The van der Waals surface area contributed by atoms with Gasteiger partial charge in [0, 0.05) is 12.3 Å². The Bertz CT molecular complexity index is 311. The minimum atomic E-state index is -0.824. The summed E-state index contributed by atoms with van der Waals surface area (Å²) >= 11 is 1.28. The molecule has 2 nitrogen and oxygen atoms in total. The van der Waals surface area contributed by atoms with Gasteiger partial charge in [0.05, 0.1) is 4.88 Å². The fourth-order valence-corrected chi connectivity index (χ4v) is 1.81. The third kappa shape index (κ3) is 1.08. The molecule has 0 amide bonds. The summed E-state index contributed by atoms with van der Waals surface area (Å²) < 4.78 is 23.0. The number of hydrogen-bond acceptors (Lipinski definition) is 3. The second-order valence-electron chi connectivity index (χ2n) is 2.58. The van der Waals surface area contributed by atoms with Gasteiger partial charge in [-0.3, -0.25) is 0 Å². The zero-order valence-corrected chi connectivity index (χ0v) is 7.23. The normalized spacial score (nSPS) is 18.8. The molecule has 0 spiro atoms. The highest BCUT2D eigenvalue weighted by Crippen LogP contribution is 2.34. The topological polar surface area (TPSA) is 18.5 Å². The molecule has 12 heavy (non-hydrogen) atoms. The van der Waals surface area contributed by atoms with Gasteiger partial charge in [-0.1, -0.05) is 0 Å². The van der Waals surface area contributed by atoms with Crippen LogP contribution in [0.2, 0.25) is 0 Å². The molecular weight excluding hydrogens is 179 g/mol. The van der Waals surface area contributed by atoms with Crippen molar-refractivity contribution in [3.05, 3.63) is 34.7 Å². The first-order valence-electron chi connectivity index (χ1n) is 3.46. The van der Waals surface area contributed by atoms with Crippen molar-refractivity contribution in [3.63, 3.8) is 0 Å². The molecule has 4 heteroatoms. The summed E-state index contributed by atoms with van der Waals surface area (Å²) in [4.78, 5) is 0.727. The third-order valence-corrected chi connectivity index (χ3v) is 2.74. The molecule has 0 atom stereocenters. The van der Waals surface area contributed by atoms with Gasteiger partial charge in [0.2, 0.25) is 0 Å². The van der Waals surface area contributed by atoms with E-state index < -0.39 is 5.79 Å². The largest absolute Gasteiger partial charge is 0.452 e. The van der Waals surface area contributed by atoms with E-state index in [4.69, 9.17) is 9.47 Å². The Morgan fingerprint density at radius 3 is 2.58 bits per heavy atom. The molecule has 0 aromatic carbocycles. The number of hydrogen-bond donors (Lipinski definition) is 0. The molecule has 1 aliphatic heterocycles. The van der Waals surface area contributed by atoms with E-state index in [0.717, 1.165) is 4.88 Å². The molecule has 0 bridgehead atoms. The van der Waals surface area contributed by atoms with Gasteiger partial charge < -0.3 is 9.47 Å². The van der Waals surface area contributed by atoms with Crippen molar-refractivity contribution in [1.82, 2.24) is 0 Å². The fourth-order valence-electron chi connectivity index (χ4n) is 1.01. The Labute approximate surface area is 73.2 Å². The first-order valence-corrected chi connectivity index (χ1v) is 4.34. The van der Waals surface area contributed by atoms with Crippen molar-refractivity contribution in [1.29, 1.82) is 0 Å². The lowest BCUT2D eigenvalue weighted by molar-refractivity contribution is -0.130.